The summed E-state index contributed by atoms with van der Waals surface area (Å²) in [6, 6.07) is 0.263. The van der Waals surface area contributed by atoms with Crippen molar-refractivity contribution in [3.63, 3.8) is 0 Å². The van der Waals surface area contributed by atoms with Crippen LogP contribution in [0.15, 0.2) is 0 Å². The number of hydrogen-bond acceptors (Lipinski definition) is 3. The zero-order valence-corrected chi connectivity index (χ0v) is 12.6. The van der Waals surface area contributed by atoms with E-state index in [4.69, 9.17) is 4.74 Å². The molecule has 0 rings (SSSR count). The maximum atomic E-state index is 11.8. The van der Waals surface area contributed by atoms with Crippen LogP contribution in [0.5, 0.6) is 0 Å². The topological polar surface area (TPSA) is 38.3 Å². The first kappa shape index (κ1) is 17.4. The van der Waals surface area contributed by atoms with Gasteiger partial charge in [0.25, 0.3) is 0 Å². The third kappa shape index (κ3) is 8.51. The van der Waals surface area contributed by atoms with Crippen LogP contribution in [0, 0.1) is 0 Å². The molecule has 0 fully saturated rings. The van der Waals surface area contributed by atoms with Crippen LogP contribution in [0.4, 0.5) is 0 Å². The Morgan fingerprint density at radius 2 is 1.78 bits per heavy atom. The van der Waals surface area contributed by atoms with Gasteiger partial charge in [0.15, 0.2) is 0 Å². The number of unbranched alkanes of at least 4 members (excludes halogenated alkanes) is 3. The molecule has 18 heavy (non-hydrogen) atoms. The van der Waals surface area contributed by atoms with Gasteiger partial charge in [-0.05, 0) is 26.7 Å². The van der Waals surface area contributed by atoms with Gasteiger partial charge in [0.05, 0.1) is 6.61 Å². The van der Waals surface area contributed by atoms with Crippen LogP contribution in [-0.2, 0) is 9.53 Å². The van der Waals surface area contributed by atoms with Crippen molar-refractivity contribution in [2.45, 2.75) is 84.7 Å². The minimum Gasteiger partial charge on any atom is -0.465 e. The quantitative estimate of drug-likeness (QED) is 0.453. The largest absolute Gasteiger partial charge is 0.465 e. The minimum absolute atomic E-state index is 0.0974. The average Bonchev–Trinajstić information content (AvgIpc) is 2.34. The van der Waals surface area contributed by atoms with Gasteiger partial charge in [0.2, 0.25) is 0 Å². The highest BCUT2D eigenvalue weighted by Crippen LogP contribution is 2.08. The molecule has 0 heterocycles. The second kappa shape index (κ2) is 11.5. The first-order chi connectivity index (χ1) is 8.65. The number of carbonyl (C=O) groups excluding carboxylic acids is 1. The molecule has 0 amide bonds. The van der Waals surface area contributed by atoms with E-state index in [1.165, 1.54) is 25.7 Å². The van der Waals surface area contributed by atoms with Crippen LogP contribution in [0.2, 0.25) is 0 Å². The van der Waals surface area contributed by atoms with Crippen molar-refractivity contribution in [2.75, 3.05) is 6.61 Å². The Morgan fingerprint density at radius 1 is 1.06 bits per heavy atom. The van der Waals surface area contributed by atoms with E-state index in [1.807, 2.05) is 6.92 Å². The Bertz CT molecular complexity index is 207. The van der Waals surface area contributed by atoms with Crippen LogP contribution in [0.25, 0.3) is 0 Å². The predicted molar refractivity (Wildman–Crippen MR) is 76.7 cm³/mol. The van der Waals surface area contributed by atoms with Crippen LogP contribution < -0.4 is 5.32 Å². The number of nitrogens with one attached hydrogen (secondary N) is 1. The lowest BCUT2D eigenvalue weighted by Crippen LogP contribution is -2.43. The Balaban J connectivity index is 3.94. The van der Waals surface area contributed by atoms with E-state index in [0.717, 1.165) is 19.3 Å². The molecule has 2 atom stereocenters. The fourth-order valence-electron chi connectivity index (χ4n) is 2.10. The molecular weight excluding hydrogens is 226 g/mol. The van der Waals surface area contributed by atoms with Crippen molar-refractivity contribution >= 4 is 5.97 Å². The van der Waals surface area contributed by atoms with E-state index in [2.05, 4.69) is 26.1 Å². The molecule has 0 saturated heterocycles. The van der Waals surface area contributed by atoms with E-state index >= 15 is 0 Å². The summed E-state index contributed by atoms with van der Waals surface area (Å²) in [6.07, 6.45) is 8.10. The first-order valence-corrected chi connectivity index (χ1v) is 7.58. The second-order valence-corrected chi connectivity index (χ2v) is 5.01. The molecule has 0 aromatic carbocycles. The van der Waals surface area contributed by atoms with Gasteiger partial charge in [-0.25, -0.2) is 0 Å². The number of hydrogen-bond donors (Lipinski definition) is 1. The number of rotatable bonds is 11. The van der Waals surface area contributed by atoms with Gasteiger partial charge in [-0.1, -0.05) is 46.0 Å². The molecule has 0 aliphatic heterocycles. The number of esters is 1. The van der Waals surface area contributed by atoms with Gasteiger partial charge in [-0.2, -0.15) is 0 Å². The molecule has 1 N–H and O–H groups in total. The van der Waals surface area contributed by atoms with Gasteiger partial charge in [-0.15, -0.1) is 0 Å². The van der Waals surface area contributed by atoms with Gasteiger partial charge in [0, 0.05) is 6.04 Å². The smallest absolute Gasteiger partial charge is 0.323 e. The zero-order valence-electron chi connectivity index (χ0n) is 12.6. The Kier molecular flexibility index (Phi) is 11.2. The van der Waals surface area contributed by atoms with Crippen LogP contribution in [0.1, 0.15) is 72.6 Å². The summed E-state index contributed by atoms with van der Waals surface area (Å²) in [5, 5.41) is 3.40. The van der Waals surface area contributed by atoms with Crippen molar-refractivity contribution in [2.24, 2.45) is 0 Å². The SMILES string of the molecule is CCCCCCC(C)NC(CCC)C(=O)OCC. The van der Waals surface area contributed by atoms with Crippen LogP contribution in [0.3, 0.4) is 0 Å². The summed E-state index contributed by atoms with van der Waals surface area (Å²) in [4.78, 5) is 11.8. The molecular formula is C15H31NO2. The lowest BCUT2D eigenvalue weighted by Gasteiger charge is -2.21. The molecule has 3 nitrogen and oxygen atoms in total. The second-order valence-electron chi connectivity index (χ2n) is 5.01. The molecule has 0 aliphatic rings. The van der Waals surface area contributed by atoms with Crippen molar-refractivity contribution in [1.82, 2.24) is 5.32 Å². The number of ether oxygens (including phenoxy) is 1. The molecule has 2 unspecified atom stereocenters. The minimum atomic E-state index is -0.129. The molecule has 0 saturated carbocycles. The van der Waals surface area contributed by atoms with Crippen molar-refractivity contribution in [1.29, 1.82) is 0 Å². The monoisotopic (exact) mass is 257 g/mol. The van der Waals surface area contributed by atoms with Crippen molar-refractivity contribution in [3.8, 4) is 0 Å². The summed E-state index contributed by atoms with van der Waals surface area (Å²) in [7, 11) is 0. The summed E-state index contributed by atoms with van der Waals surface area (Å²) in [5.41, 5.74) is 0. The third-order valence-electron chi connectivity index (χ3n) is 3.12. The highest BCUT2D eigenvalue weighted by molar-refractivity contribution is 5.75. The van der Waals surface area contributed by atoms with E-state index in [1.54, 1.807) is 0 Å². The fourth-order valence-corrected chi connectivity index (χ4v) is 2.10. The first-order valence-electron chi connectivity index (χ1n) is 7.58. The molecule has 0 aromatic heterocycles. The van der Waals surface area contributed by atoms with E-state index in [0.29, 0.717) is 12.6 Å². The van der Waals surface area contributed by atoms with Gasteiger partial charge in [-0.3, -0.25) is 4.79 Å². The van der Waals surface area contributed by atoms with Crippen molar-refractivity contribution < 1.29 is 9.53 Å². The van der Waals surface area contributed by atoms with E-state index in [-0.39, 0.29) is 12.0 Å². The van der Waals surface area contributed by atoms with Gasteiger partial charge < -0.3 is 10.1 Å². The van der Waals surface area contributed by atoms with E-state index in [9.17, 15) is 4.79 Å². The molecule has 3 heteroatoms. The summed E-state index contributed by atoms with van der Waals surface area (Å²) in [5.74, 6) is -0.0974. The fraction of sp³-hybridized carbons (Fsp3) is 0.933. The number of carbonyl (C=O) groups is 1. The third-order valence-corrected chi connectivity index (χ3v) is 3.12. The predicted octanol–water partition coefficient (Wildman–Crippen LogP) is 3.67. The summed E-state index contributed by atoms with van der Waals surface area (Å²) in [6.45, 7) is 8.80. The standard InChI is InChI=1S/C15H31NO2/c1-5-8-9-10-12-13(4)16-14(11-6-2)15(17)18-7-3/h13-14,16H,5-12H2,1-4H3. The average molecular weight is 257 g/mol. The Hall–Kier alpha value is -0.570. The molecule has 0 spiro atoms. The molecule has 0 aliphatic carbocycles. The summed E-state index contributed by atoms with van der Waals surface area (Å²) < 4.78 is 5.10. The lowest BCUT2D eigenvalue weighted by atomic mass is 10.1. The molecule has 108 valence electrons. The van der Waals surface area contributed by atoms with Gasteiger partial charge in [0.1, 0.15) is 6.04 Å². The Labute approximate surface area is 113 Å². The normalized spacial score (nSPS) is 14.2. The van der Waals surface area contributed by atoms with Crippen LogP contribution in [-0.4, -0.2) is 24.7 Å². The highest BCUT2D eigenvalue weighted by atomic mass is 16.5. The molecule has 0 aromatic rings. The zero-order chi connectivity index (χ0) is 13.8. The van der Waals surface area contributed by atoms with Crippen LogP contribution >= 0.6 is 0 Å². The van der Waals surface area contributed by atoms with Gasteiger partial charge >= 0.3 is 5.97 Å². The Morgan fingerprint density at radius 3 is 2.33 bits per heavy atom. The van der Waals surface area contributed by atoms with Crippen molar-refractivity contribution in [3.05, 3.63) is 0 Å². The van der Waals surface area contributed by atoms with E-state index < -0.39 is 0 Å². The maximum Gasteiger partial charge on any atom is 0.323 e. The maximum absolute atomic E-state index is 11.8. The highest BCUT2D eigenvalue weighted by Gasteiger charge is 2.20. The molecule has 0 bridgehead atoms. The summed E-state index contributed by atoms with van der Waals surface area (Å²) >= 11 is 0. The molecule has 0 radical (unpaired) electrons. The lowest BCUT2D eigenvalue weighted by molar-refractivity contribution is -0.146.